The van der Waals surface area contributed by atoms with E-state index in [-0.39, 0.29) is 5.82 Å². The van der Waals surface area contributed by atoms with Crippen molar-refractivity contribution in [2.24, 2.45) is 0 Å². The van der Waals surface area contributed by atoms with Crippen LogP contribution in [0, 0.1) is 19.7 Å². The molecule has 3 rings (SSSR count). The predicted molar refractivity (Wildman–Crippen MR) is 70.1 cm³/mol. The summed E-state index contributed by atoms with van der Waals surface area (Å²) in [5.41, 5.74) is 5.09. The van der Waals surface area contributed by atoms with Gasteiger partial charge in [0.05, 0.1) is 5.69 Å². The number of benzene rings is 1. The highest BCUT2D eigenvalue weighted by atomic mass is 19.1. The summed E-state index contributed by atoms with van der Waals surface area (Å²) in [6.07, 6.45) is 3.29. The van der Waals surface area contributed by atoms with Gasteiger partial charge in [0.1, 0.15) is 11.5 Å². The Morgan fingerprint density at radius 1 is 1.00 bits per heavy atom. The fourth-order valence-electron chi connectivity index (χ4n) is 2.23. The van der Waals surface area contributed by atoms with E-state index in [1.165, 1.54) is 23.4 Å². The third kappa shape index (κ3) is 1.88. The molecule has 0 aliphatic rings. The van der Waals surface area contributed by atoms with Crippen molar-refractivity contribution in [3.05, 3.63) is 59.7 Å². The third-order valence-electron chi connectivity index (χ3n) is 2.93. The number of aromatic nitrogens is 2. The van der Waals surface area contributed by atoms with Gasteiger partial charge in [-0.2, -0.15) is 0 Å². The van der Waals surface area contributed by atoms with Crippen LogP contribution in [0.3, 0.4) is 0 Å². The molecule has 90 valence electrons. The van der Waals surface area contributed by atoms with E-state index in [4.69, 9.17) is 0 Å². The van der Waals surface area contributed by atoms with Gasteiger partial charge in [0, 0.05) is 18.0 Å². The van der Waals surface area contributed by atoms with E-state index >= 15 is 0 Å². The minimum Gasteiger partial charge on any atom is -0.304 e. The molecule has 0 bridgehead atoms. The largest absolute Gasteiger partial charge is 0.304 e. The molecule has 1 aromatic carbocycles. The molecular weight excluding hydrogens is 227 g/mol. The lowest BCUT2D eigenvalue weighted by molar-refractivity contribution is 0.619. The number of aryl methyl sites for hydroxylation is 2. The monoisotopic (exact) mass is 240 g/mol. The van der Waals surface area contributed by atoms with Crippen molar-refractivity contribution < 1.29 is 4.39 Å². The van der Waals surface area contributed by atoms with Gasteiger partial charge in [-0.05, 0) is 38.1 Å². The first-order chi connectivity index (χ1) is 8.61. The van der Waals surface area contributed by atoms with Gasteiger partial charge in [-0.1, -0.05) is 17.2 Å². The topological polar surface area (TPSA) is 17.3 Å². The standard InChI is InChI=1S/C15H13FN2/c1-10-5-11(2)7-12(6-10)14-9-18-8-13(16)3-4-15(18)17-14/h3-9H,1-2H3. The fraction of sp³-hybridized carbons (Fsp3) is 0.133. The van der Waals surface area contributed by atoms with Gasteiger partial charge in [0.15, 0.2) is 0 Å². The molecule has 0 unspecified atom stereocenters. The lowest BCUT2D eigenvalue weighted by atomic mass is 10.1. The van der Waals surface area contributed by atoms with Crippen molar-refractivity contribution in [1.82, 2.24) is 9.38 Å². The van der Waals surface area contributed by atoms with Crippen LogP contribution in [0.1, 0.15) is 11.1 Å². The fourth-order valence-corrected chi connectivity index (χ4v) is 2.23. The Kier molecular flexibility index (Phi) is 2.40. The Morgan fingerprint density at radius 2 is 1.72 bits per heavy atom. The number of halogens is 1. The maximum Gasteiger partial charge on any atom is 0.139 e. The molecule has 3 heteroatoms. The smallest absolute Gasteiger partial charge is 0.139 e. The SMILES string of the molecule is Cc1cc(C)cc(-c2cn3cc(F)ccc3n2)c1. The first-order valence-corrected chi connectivity index (χ1v) is 5.85. The predicted octanol–water partition coefficient (Wildman–Crippen LogP) is 3.76. The molecule has 0 radical (unpaired) electrons. The lowest BCUT2D eigenvalue weighted by Gasteiger charge is -2.01. The molecule has 0 spiro atoms. The van der Waals surface area contributed by atoms with Crippen LogP contribution >= 0.6 is 0 Å². The summed E-state index contributed by atoms with van der Waals surface area (Å²) in [5, 5.41) is 0. The zero-order chi connectivity index (χ0) is 12.7. The van der Waals surface area contributed by atoms with E-state index in [2.05, 4.69) is 37.0 Å². The molecule has 0 aliphatic carbocycles. The number of hydrogen-bond donors (Lipinski definition) is 0. The Balaban J connectivity index is 2.19. The van der Waals surface area contributed by atoms with Gasteiger partial charge >= 0.3 is 0 Å². The van der Waals surface area contributed by atoms with E-state index in [0.717, 1.165) is 16.9 Å². The molecule has 0 N–H and O–H groups in total. The summed E-state index contributed by atoms with van der Waals surface area (Å²) < 4.78 is 14.8. The average molecular weight is 240 g/mol. The molecule has 2 heterocycles. The average Bonchev–Trinajstić information content (AvgIpc) is 2.70. The number of pyridine rings is 1. The summed E-state index contributed by atoms with van der Waals surface area (Å²) in [6, 6.07) is 9.41. The number of hydrogen-bond acceptors (Lipinski definition) is 1. The summed E-state index contributed by atoms with van der Waals surface area (Å²) in [5.74, 6) is -0.258. The van der Waals surface area contributed by atoms with Crippen LogP contribution in [0.5, 0.6) is 0 Å². The maximum atomic E-state index is 13.1. The van der Waals surface area contributed by atoms with Crippen LogP contribution < -0.4 is 0 Å². The molecule has 18 heavy (non-hydrogen) atoms. The molecule has 0 saturated heterocycles. The van der Waals surface area contributed by atoms with E-state index in [1.54, 1.807) is 10.5 Å². The van der Waals surface area contributed by atoms with Gasteiger partial charge in [-0.3, -0.25) is 0 Å². The van der Waals surface area contributed by atoms with Crippen molar-refractivity contribution >= 4 is 5.65 Å². The maximum absolute atomic E-state index is 13.1. The summed E-state index contributed by atoms with van der Waals surface area (Å²) >= 11 is 0. The Morgan fingerprint density at radius 3 is 2.44 bits per heavy atom. The molecule has 3 aromatic rings. The number of imidazole rings is 1. The summed E-state index contributed by atoms with van der Waals surface area (Å²) in [7, 11) is 0. The minimum atomic E-state index is -0.258. The van der Waals surface area contributed by atoms with Crippen LogP contribution in [0.2, 0.25) is 0 Å². The van der Waals surface area contributed by atoms with Crippen LogP contribution in [0.25, 0.3) is 16.9 Å². The quantitative estimate of drug-likeness (QED) is 0.633. The summed E-state index contributed by atoms with van der Waals surface area (Å²) in [4.78, 5) is 4.50. The number of rotatable bonds is 1. The lowest BCUT2D eigenvalue weighted by Crippen LogP contribution is -1.83. The van der Waals surface area contributed by atoms with Gasteiger partial charge in [-0.25, -0.2) is 9.37 Å². The van der Waals surface area contributed by atoms with Crippen LogP contribution in [-0.4, -0.2) is 9.38 Å². The highest BCUT2D eigenvalue weighted by Crippen LogP contribution is 2.22. The highest BCUT2D eigenvalue weighted by Gasteiger charge is 2.05. The second-order valence-electron chi connectivity index (χ2n) is 4.62. The van der Waals surface area contributed by atoms with Gasteiger partial charge in [-0.15, -0.1) is 0 Å². The van der Waals surface area contributed by atoms with Crippen molar-refractivity contribution in [2.75, 3.05) is 0 Å². The van der Waals surface area contributed by atoms with Crippen molar-refractivity contribution in [3.63, 3.8) is 0 Å². The zero-order valence-electron chi connectivity index (χ0n) is 10.3. The Labute approximate surface area is 105 Å². The molecule has 0 aliphatic heterocycles. The van der Waals surface area contributed by atoms with Crippen LogP contribution in [0.15, 0.2) is 42.7 Å². The van der Waals surface area contributed by atoms with Crippen molar-refractivity contribution in [3.8, 4) is 11.3 Å². The van der Waals surface area contributed by atoms with Gasteiger partial charge in [0.2, 0.25) is 0 Å². The molecule has 0 saturated carbocycles. The Bertz CT molecular complexity index is 708. The molecule has 2 nitrogen and oxygen atoms in total. The first kappa shape index (κ1) is 11.0. The second-order valence-corrected chi connectivity index (χ2v) is 4.62. The molecule has 0 amide bonds. The third-order valence-corrected chi connectivity index (χ3v) is 2.93. The summed E-state index contributed by atoms with van der Waals surface area (Å²) in [6.45, 7) is 4.12. The first-order valence-electron chi connectivity index (χ1n) is 5.85. The van der Waals surface area contributed by atoms with Crippen molar-refractivity contribution in [2.45, 2.75) is 13.8 Å². The molecule has 2 aromatic heterocycles. The van der Waals surface area contributed by atoms with Crippen LogP contribution in [-0.2, 0) is 0 Å². The number of nitrogens with zero attached hydrogens (tertiary/aromatic N) is 2. The van der Waals surface area contributed by atoms with Gasteiger partial charge in [0.25, 0.3) is 0 Å². The van der Waals surface area contributed by atoms with Gasteiger partial charge < -0.3 is 4.40 Å². The Hall–Kier alpha value is -2.16. The van der Waals surface area contributed by atoms with E-state index in [1.807, 2.05) is 6.20 Å². The zero-order valence-corrected chi connectivity index (χ0v) is 10.3. The van der Waals surface area contributed by atoms with Crippen LogP contribution in [0.4, 0.5) is 4.39 Å². The van der Waals surface area contributed by atoms with Crippen molar-refractivity contribution in [1.29, 1.82) is 0 Å². The minimum absolute atomic E-state index is 0.258. The normalized spacial score (nSPS) is 11.1. The van der Waals surface area contributed by atoms with E-state index in [0.29, 0.717) is 0 Å². The second kappa shape index (κ2) is 3.95. The number of fused-ring (bicyclic) bond motifs is 1. The molecular formula is C15H13FN2. The van der Waals surface area contributed by atoms with E-state index in [9.17, 15) is 4.39 Å². The molecule has 0 fully saturated rings. The van der Waals surface area contributed by atoms with E-state index < -0.39 is 0 Å². The highest BCUT2D eigenvalue weighted by molar-refractivity contribution is 5.64. The molecule has 0 atom stereocenters.